The summed E-state index contributed by atoms with van der Waals surface area (Å²) in [5.41, 5.74) is 1.22. The van der Waals surface area contributed by atoms with Crippen LogP contribution < -0.4 is 5.32 Å². The van der Waals surface area contributed by atoms with Crippen LogP contribution in [0.4, 0.5) is 5.69 Å². The van der Waals surface area contributed by atoms with Crippen LogP contribution in [0.15, 0.2) is 24.3 Å². The molecule has 1 aromatic carbocycles. The topological polar surface area (TPSA) is 104 Å². The lowest BCUT2D eigenvalue weighted by Crippen LogP contribution is -2.37. The number of carbonyl (C=O) groups is 3. The molecule has 3 rings (SSSR count). The molecule has 1 aromatic rings. The molecule has 1 amide bonds. The fourth-order valence-electron chi connectivity index (χ4n) is 4.13. The van der Waals surface area contributed by atoms with E-state index in [0.29, 0.717) is 11.3 Å². The number of carboxylic acid groups (broad SMARTS) is 2. The van der Waals surface area contributed by atoms with Crippen molar-refractivity contribution in [2.24, 2.45) is 23.7 Å². The number of anilines is 1. The minimum Gasteiger partial charge on any atom is -0.481 e. The van der Waals surface area contributed by atoms with E-state index in [1.54, 1.807) is 24.3 Å². The Morgan fingerprint density at radius 2 is 1.61 bits per heavy atom. The first kappa shape index (κ1) is 15.5. The molecule has 2 aliphatic carbocycles. The Labute approximate surface area is 133 Å². The van der Waals surface area contributed by atoms with E-state index in [0.717, 1.165) is 19.3 Å². The van der Waals surface area contributed by atoms with Crippen molar-refractivity contribution < 1.29 is 24.6 Å². The van der Waals surface area contributed by atoms with Crippen LogP contribution >= 0.6 is 0 Å². The summed E-state index contributed by atoms with van der Waals surface area (Å²) in [5.74, 6) is -2.80. The van der Waals surface area contributed by atoms with Gasteiger partial charge < -0.3 is 15.5 Å². The first-order valence-electron chi connectivity index (χ1n) is 7.80. The first-order valence-corrected chi connectivity index (χ1v) is 7.80. The third-order valence-electron chi connectivity index (χ3n) is 5.08. The quantitative estimate of drug-likeness (QED) is 0.770. The lowest BCUT2D eigenvalue weighted by atomic mass is 9.78. The molecule has 0 aromatic heterocycles. The van der Waals surface area contributed by atoms with Crippen molar-refractivity contribution in [3.05, 3.63) is 29.8 Å². The van der Waals surface area contributed by atoms with Crippen LogP contribution in [0.25, 0.3) is 0 Å². The summed E-state index contributed by atoms with van der Waals surface area (Å²) in [6, 6.07) is 6.61. The highest BCUT2D eigenvalue weighted by molar-refractivity contribution is 5.96. The highest BCUT2D eigenvalue weighted by Gasteiger charge is 2.53. The molecule has 2 fully saturated rings. The van der Waals surface area contributed by atoms with Crippen molar-refractivity contribution in [2.75, 3.05) is 5.32 Å². The lowest BCUT2D eigenvalue weighted by molar-refractivity contribution is -0.148. The molecule has 6 nitrogen and oxygen atoms in total. The monoisotopic (exact) mass is 317 g/mol. The SMILES string of the molecule is O=C(O)Cc1ccc(NC(=O)[C@@H]2[C@H]3CC[C@@H](C3)[C@H]2C(=O)O)cc1. The van der Waals surface area contributed by atoms with E-state index in [-0.39, 0.29) is 24.2 Å². The van der Waals surface area contributed by atoms with Crippen molar-refractivity contribution in [1.29, 1.82) is 0 Å². The van der Waals surface area contributed by atoms with Crippen molar-refractivity contribution in [3.63, 3.8) is 0 Å². The Bertz CT molecular complexity index is 639. The largest absolute Gasteiger partial charge is 0.481 e. The summed E-state index contributed by atoms with van der Waals surface area (Å²) in [5, 5.41) is 20.9. The van der Waals surface area contributed by atoms with Gasteiger partial charge in [-0.05, 0) is 48.8 Å². The summed E-state index contributed by atoms with van der Waals surface area (Å²) in [6.45, 7) is 0. The molecular weight excluding hydrogens is 298 g/mol. The molecule has 3 N–H and O–H groups in total. The molecule has 2 saturated carbocycles. The van der Waals surface area contributed by atoms with Crippen LogP contribution in [0.1, 0.15) is 24.8 Å². The van der Waals surface area contributed by atoms with Crippen LogP contribution in [0.2, 0.25) is 0 Å². The van der Waals surface area contributed by atoms with Gasteiger partial charge in [-0.2, -0.15) is 0 Å². The second kappa shape index (κ2) is 6.02. The zero-order chi connectivity index (χ0) is 16.6. The van der Waals surface area contributed by atoms with Gasteiger partial charge in [0.1, 0.15) is 0 Å². The number of carboxylic acids is 2. The van der Waals surface area contributed by atoms with Crippen molar-refractivity contribution in [1.82, 2.24) is 0 Å². The van der Waals surface area contributed by atoms with Gasteiger partial charge in [0.15, 0.2) is 0 Å². The molecule has 0 aliphatic heterocycles. The fourth-order valence-corrected chi connectivity index (χ4v) is 4.13. The van der Waals surface area contributed by atoms with Crippen molar-refractivity contribution in [3.8, 4) is 0 Å². The number of carbonyl (C=O) groups excluding carboxylic acids is 1. The van der Waals surface area contributed by atoms with Gasteiger partial charge in [-0.15, -0.1) is 0 Å². The van der Waals surface area contributed by atoms with Gasteiger partial charge >= 0.3 is 11.9 Å². The molecule has 6 heteroatoms. The number of fused-ring (bicyclic) bond motifs is 2. The maximum atomic E-state index is 12.5. The molecule has 4 atom stereocenters. The lowest BCUT2D eigenvalue weighted by Gasteiger charge is -2.27. The highest BCUT2D eigenvalue weighted by Crippen LogP contribution is 2.52. The Balaban J connectivity index is 1.69. The predicted octanol–water partition coefficient (Wildman–Crippen LogP) is 2.00. The molecule has 2 bridgehead atoms. The Morgan fingerprint density at radius 1 is 1.00 bits per heavy atom. The van der Waals surface area contributed by atoms with E-state index in [1.165, 1.54) is 0 Å². The second-order valence-corrected chi connectivity index (χ2v) is 6.48. The van der Waals surface area contributed by atoms with Gasteiger partial charge in [0.25, 0.3) is 0 Å². The average Bonchev–Trinajstić information content (AvgIpc) is 3.09. The minimum absolute atomic E-state index is 0.0678. The van der Waals surface area contributed by atoms with Crippen LogP contribution in [-0.2, 0) is 20.8 Å². The molecule has 23 heavy (non-hydrogen) atoms. The molecule has 0 unspecified atom stereocenters. The zero-order valence-corrected chi connectivity index (χ0v) is 12.6. The minimum atomic E-state index is -0.909. The molecule has 0 heterocycles. The summed E-state index contributed by atoms with van der Waals surface area (Å²) < 4.78 is 0. The summed E-state index contributed by atoms with van der Waals surface area (Å²) >= 11 is 0. The Morgan fingerprint density at radius 3 is 2.17 bits per heavy atom. The number of rotatable bonds is 5. The summed E-state index contributed by atoms with van der Waals surface area (Å²) in [4.78, 5) is 34.6. The molecule has 2 aliphatic rings. The third-order valence-corrected chi connectivity index (χ3v) is 5.08. The maximum absolute atomic E-state index is 12.5. The van der Waals surface area contributed by atoms with Gasteiger partial charge in [-0.1, -0.05) is 12.1 Å². The summed E-state index contributed by atoms with van der Waals surface area (Å²) in [7, 11) is 0. The van der Waals surface area contributed by atoms with Gasteiger partial charge in [-0.3, -0.25) is 14.4 Å². The normalized spacial score (nSPS) is 28.5. The fraction of sp³-hybridized carbons (Fsp3) is 0.471. The third kappa shape index (κ3) is 3.06. The molecule has 0 spiro atoms. The Kier molecular flexibility index (Phi) is 4.07. The van der Waals surface area contributed by atoms with Crippen LogP contribution in [0.3, 0.4) is 0 Å². The summed E-state index contributed by atoms with van der Waals surface area (Å²) in [6.07, 6.45) is 2.58. The van der Waals surface area contributed by atoms with Crippen molar-refractivity contribution >= 4 is 23.5 Å². The van der Waals surface area contributed by atoms with Gasteiger partial charge in [0, 0.05) is 5.69 Å². The van der Waals surface area contributed by atoms with Crippen molar-refractivity contribution in [2.45, 2.75) is 25.7 Å². The average molecular weight is 317 g/mol. The molecular formula is C17H19NO5. The Hall–Kier alpha value is -2.37. The zero-order valence-electron chi connectivity index (χ0n) is 12.6. The van der Waals surface area contributed by atoms with E-state index >= 15 is 0 Å². The number of aliphatic carboxylic acids is 2. The second-order valence-electron chi connectivity index (χ2n) is 6.48. The predicted molar refractivity (Wildman–Crippen MR) is 81.9 cm³/mol. The first-order chi connectivity index (χ1) is 11.0. The number of hydrogen-bond donors (Lipinski definition) is 3. The molecule has 122 valence electrons. The van der Waals surface area contributed by atoms with E-state index in [1.807, 2.05) is 0 Å². The van der Waals surface area contributed by atoms with Crippen LogP contribution in [0, 0.1) is 23.7 Å². The molecule has 0 radical (unpaired) electrons. The highest BCUT2D eigenvalue weighted by atomic mass is 16.4. The van der Waals surface area contributed by atoms with Crippen LogP contribution in [-0.4, -0.2) is 28.1 Å². The molecule has 0 saturated heterocycles. The smallest absolute Gasteiger partial charge is 0.307 e. The van der Waals surface area contributed by atoms with Gasteiger partial charge in [0.05, 0.1) is 18.3 Å². The number of hydrogen-bond acceptors (Lipinski definition) is 3. The van der Waals surface area contributed by atoms with E-state index in [9.17, 15) is 19.5 Å². The van der Waals surface area contributed by atoms with E-state index < -0.39 is 23.8 Å². The standard InChI is InChI=1S/C17H19NO5/c19-13(20)7-9-1-5-12(6-2-9)18-16(21)14-10-3-4-11(8-10)15(14)17(22)23/h1-2,5-6,10-11,14-15H,3-4,7-8H2,(H,18,21)(H,19,20)(H,22,23)/t10-,11-,14+,15+/m0/s1. The number of nitrogens with one attached hydrogen (secondary N) is 1. The number of amides is 1. The van der Waals surface area contributed by atoms with Gasteiger partial charge in [0.2, 0.25) is 5.91 Å². The van der Waals surface area contributed by atoms with E-state index in [2.05, 4.69) is 5.32 Å². The van der Waals surface area contributed by atoms with E-state index in [4.69, 9.17) is 5.11 Å². The van der Waals surface area contributed by atoms with Gasteiger partial charge in [-0.25, -0.2) is 0 Å². The van der Waals surface area contributed by atoms with Crippen LogP contribution in [0.5, 0.6) is 0 Å². The maximum Gasteiger partial charge on any atom is 0.307 e. The number of benzene rings is 1.